The fraction of sp³-hybridized carbons (Fsp3) is 0.933. The van der Waals surface area contributed by atoms with Gasteiger partial charge in [0.2, 0.25) is 0 Å². The molecule has 0 aromatic heterocycles. The lowest BCUT2D eigenvalue weighted by Gasteiger charge is -2.28. The van der Waals surface area contributed by atoms with E-state index in [0.29, 0.717) is 11.7 Å². The molecule has 1 rings (SSSR count). The molecule has 1 aliphatic rings. The summed E-state index contributed by atoms with van der Waals surface area (Å²) in [6.07, 6.45) is 10.1. The van der Waals surface area contributed by atoms with Crippen LogP contribution < -0.4 is 5.73 Å². The molecule has 0 aliphatic heterocycles. The number of hydrogen-bond donors (Lipinski definition) is 1. The Morgan fingerprint density at radius 1 is 1.29 bits per heavy atom. The zero-order chi connectivity index (χ0) is 12.7. The highest BCUT2D eigenvalue weighted by Gasteiger charge is 2.28. The maximum absolute atomic E-state index is 12.3. The number of carbonyl (C=O) groups excluding carboxylic acids is 1. The molecule has 2 heteroatoms. The average Bonchev–Trinajstić information content (AvgIpc) is 2.34. The third-order valence-electron chi connectivity index (χ3n) is 4.27. The van der Waals surface area contributed by atoms with E-state index in [0.717, 1.165) is 25.7 Å². The third-order valence-corrected chi connectivity index (χ3v) is 4.27. The van der Waals surface area contributed by atoms with Gasteiger partial charge in [0.15, 0.2) is 0 Å². The molecule has 0 aromatic carbocycles. The van der Waals surface area contributed by atoms with Crippen LogP contribution in [0.5, 0.6) is 0 Å². The minimum Gasteiger partial charge on any atom is -0.327 e. The molecule has 0 saturated heterocycles. The summed E-state index contributed by atoms with van der Waals surface area (Å²) in [6.45, 7) is 4.42. The van der Waals surface area contributed by atoms with Gasteiger partial charge in [-0.05, 0) is 18.8 Å². The van der Waals surface area contributed by atoms with Crippen molar-refractivity contribution in [2.75, 3.05) is 0 Å². The van der Waals surface area contributed by atoms with E-state index >= 15 is 0 Å². The lowest BCUT2D eigenvalue weighted by Crippen LogP contribution is -2.38. The van der Waals surface area contributed by atoms with Crippen molar-refractivity contribution in [1.82, 2.24) is 0 Å². The Labute approximate surface area is 106 Å². The fourth-order valence-electron chi connectivity index (χ4n) is 2.94. The number of unbranched alkanes of at least 4 members (excludes halogenated alkanes) is 1. The summed E-state index contributed by atoms with van der Waals surface area (Å²) in [6, 6.07) is 0.139. The maximum atomic E-state index is 12.3. The second-order valence-corrected chi connectivity index (χ2v) is 5.64. The summed E-state index contributed by atoms with van der Waals surface area (Å²) in [5.41, 5.74) is 6.08. The van der Waals surface area contributed by atoms with Crippen LogP contribution >= 0.6 is 0 Å². The van der Waals surface area contributed by atoms with Gasteiger partial charge in [-0.25, -0.2) is 0 Å². The van der Waals surface area contributed by atoms with Crippen LogP contribution in [-0.4, -0.2) is 11.8 Å². The van der Waals surface area contributed by atoms with Crippen molar-refractivity contribution in [2.24, 2.45) is 17.6 Å². The van der Waals surface area contributed by atoms with Gasteiger partial charge in [0.25, 0.3) is 0 Å². The van der Waals surface area contributed by atoms with Gasteiger partial charge in [0, 0.05) is 18.4 Å². The topological polar surface area (TPSA) is 43.1 Å². The molecule has 0 radical (unpaired) electrons. The molecule has 0 heterocycles. The molecule has 2 nitrogen and oxygen atoms in total. The van der Waals surface area contributed by atoms with Crippen molar-refractivity contribution in [1.29, 1.82) is 0 Å². The van der Waals surface area contributed by atoms with Crippen LogP contribution in [0.25, 0.3) is 0 Å². The molecule has 100 valence electrons. The number of Topliss-reactive ketones (excluding diaryl/α,β-unsaturated/α-hetero) is 1. The Balaban J connectivity index is 2.39. The molecule has 0 amide bonds. The Bertz CT molecular complexity index is 227. The van der Waals surface area contributed by atoms with Crippen molar-refractivity contribution in [2.45, 2.75) is 77.7 Å². The SMILES string of the molecule is CCCCC(CC)CC(=O)C1CCCCC1N. The first-order chi connectivity index (χ1) is 8.19. The highest BCUT2D eigenvalue weighted by molar-refractivity contribution is 5.82. The van der Waals surface area contributed by atoms with E-state index in [9.17, 15) is 4.79 Å². The van der Waals surface area contributed by atoms with Crippen molar-refractivity contribution in [3.63, 3.8) is 0 Å². The standard InChI is InChI=1S/C15H29NO/c1-3-5-8-12(4-2)11-15(17)13-9-6-7-10-14(13)16/h12-14H,3-11,16H2,1-2H3. The Hall–Kier alpha value is -0.370. The van der Waals surface area contributed by atoms with E-state index in [-0.39, 0.29) is 12.0 Å². The fourth-order valence-corrected chi connectivity index (χ4v) is 2.94. The second-order valence-electron chi connectivity index (χ2n) is 5.64. The van der Waals surface area contributed by atoms with E-state index in [1.165, 1.54) is 32.1 Å². The molecule has 3 atom stereocenters. The van der Waals surface area contributed by atoms with Crippen LogP contribution in [0.3, 0.4) is 0 Å². The maximum Gasteiger partial charge on any atom is 0.137 e. The molecule has 0 spiro atoms. The predicted molar refractivity (Wildman–Crippen MR) is 72.9 cm³/mol. The number of hydrogen-bond acceptors (Lipinski definition) is 2. The number of rotatable bonds is 7. The van der Waals surface area contributed by atoms with E-state index in [2.05, 4.69) is 13.8 Å². The molecule has 1 fully saturated rings. The zero-order valence-corrected chi connectivity index (χ0v) is 11.6. The quantitative estimate of drug-likeness (QED) is 0.736. The summed E-state index contributed by atoms with van der Waals surface area (Å²) < 4.78 is 0. The highest BCUT2D eigenvalue weighted by Crippen LogP contribution is 2.27. The summed E-state index contributed by atoms with van der Waals surface area (Å²) >= 11 is 0. The van der Waals surface area contributed by atoms with Gasteiger partial charge in [0.05, 0.1) is 0 Å². The summed E-state index contributed by atoms with van der Waals surface area (Å²) in [7, 11) is 0. The molecule has 0 aromatic rings. The van der Waals surface area contributed by atoms with Gasteiger partial charge in [-0.15, -0.1) is 0 Å². The predicted octanol–water partition coefficient (Wildman–Crippen LogP) is 3.68. The Kier molecular flexibility index (Phi) is 6.79. The van der Waals surface area contributed by atoms with Crippen LogP contribution in [0.2, 0.25) is 0 Å². The Morgan fingerprint density at radius 2 is 2.00 bits per heavy atom. The molecule has 2 N–H and O–H groups in total. The molecular formula is C15H29NO. The average molecular weight is 239 g/mol. The van der Waals surface area contributed by atoms with Crippen LogP contribution in [0.1, 0.15) is 71.6 Å². The molecule has 17 heavy (non-hydrogen) atoms. The van der Waals surface area contributed by atoms with Gasteiger partial charge >= 0.3 is 0 Å². The first-order valence-electron chi connectivity index (χ1n) is 7.47. The first kappa shape index (κ1) is 14.7. The summed E-state index contributed by atoms with van der Waals surface area (Å²) in [4.78, 5) is 12.3. The van der Waals surface area contributed by atoms with Crippen LogP contribution in [0, 0.1) is 11.8 Å². The van der Waals surface area contributed by atoms with E-state index in [1.807, 2.05) is 0 Å². The lowest BCUT2D eigenvalue weighted by atomic mass is 9.79. The normalized spacial score (nSPS) is 26.8. The van der Waals surface area contributed by atoms with Crippen molar-refractivity contribution in [3.8, 4) is 0 Å². The number of nitrogens with two attached hydrogens (primary N) is 1. The highest BCUT2D eigenvalue weighted by atomic mass is 16.1. The monoisotopic (exact) mass is 239 g/mol. The largest absolute Gasteiger partial charge is 0.327 e. The van der Waals surface area contributed by atoms with Crippen molar-refractivity contribution in [3.05, 3.63) is 0 Å². The van der Waals surface area contributed by atoms with E-state index in [4.69, 9.17) is 5.73 Å². The van der Waals surface area contributed by atoms with Gasteiger partial charge in [-0.2, -0.15) is 0 Å². The van der Waals surface area contributed by atoms with E-state index < -0.39 is 0 Å². The minimum absolute atomic E-state index is 0.139. The number of ketones is 1. The third kappa shape index (κ3) is 4.79. The molecule has 1 saturated carbocycles. The molecule has 0 bridgehead atoms. The Morgan fingerprint density at radius 3 is 2.59 bits per heavy atom. The minimum atomic E-state index is 0.139. The second kappa shape index (κ2) is 7.86. The zero-order valence-electron chi connectivity index (χ0n) is 11.6. The molecule has 1 aliphatic carbocycles. The van der Waals surface area contributed by atoms with Crippen LogP contribution in [-0.2, 0) is 4.79 Å². The molecular weight excluding hydrogens is 210 g/mol. The van der Waals surface area contributed by atoms with Gasteiger partial charge in [-0.1, -0.05) is 52.4 Å². The van der Waals surface area contributed by atoms with Crippen LogP contribution in [0.15, 0.2) is 0 Å². The van der Waals surface area contributed by atoms with Crippen LogP contribution in [0.4, 0.5) is 0 Å². The van der Waals surface area contributed by atoms with E-state index in [1.54, 1.807) is 0 Å². The summed E-state index contributed by atoms with van der Waals surface area (Å²) in [5.74, 6) is 1.20. The van der Waals surface area contributed by atoms with Gasteiger partial charge in [0.1, 0.15) is 5.78 Å². The van der Waals surface area contributed by atoms with Gasteiger partial charge < -0.3 is 5.73 Å². The smallest absolute Gasteiger partial charge is 0.137 e. The molecule has 3 unspecified atom stereocenters. The first-order valence-corrected chi connectivity index (χ1v) is 7.47. The van der Waals surface area contributed by atoms with Crippen molar-refractivity contribution >= 4 is 5.78 Å². The van der Waals surface area contributed by atoms with Gasteiger partial charge in [-0.3, -0.25) is 4.79 Å². The summed E-state index contributed by atoms with van der Waals surface area (Å²) in [5, 5.41) is 0. The van der Waals surface area contributed by atoms with Crippen molar-refractivity contribution < 1.29 is 4.79 Å². The number of carbonyl (C=O) groups is 1. The lowest BCUT2D eigenvalue weighted by molar-refractivity contribution is -0.125.